The minimum absolute atomic E-state index is 0.00637. The summed E-state index contributed by atoms with van der Waals surface area (Å²) in [5.41, 5.74) is 0.187. The summed E-state index contributed by atoms with van der Waals surface area (Å²) in [6, 6.07) is 2.94. The smallest absolute Gasteiger partial charge is 0.360 e. The number of carbonyl (C=O) groups is 2. The van der Waals surface area contributed by atoms with E-state index >= 15 is 4.39 Å². The molecule has 2 aromatic heterocycles. The molecule has 38 heavy (non-hydrogen) atoms. The zero-order chi connectivity index (χ0) is 27.1. The molecule has 0 bridgehead atoms. The molecule has 0 saturated carbocycles. The number of esters is 1. The van der Waals surface area contributed by atoms with Crippen molar-refractivity contribution in [1.29, 1.82) is 0 Å². The summed E-state index contributed by atoms with van der Waals surface area (Å²) in [6.07, 6.45) is 6.11. The number of hydrogen-bond acceptors (Lipinski definition) is 10. The number of amides is 1. The highest BCUT2D eigenvalue weighted by Crippen LogP contribution is 2.27. The second-order valence-electron chi connectivity index (χ2n) is 8.95. The van der Waals surface area contributed by atoms with Crippen molar-refractivity contribution in [2.24, 2.45) is 5.92 Å². The number of methoxy groups -OCH3 is 1. The zero-order valence-corrected chi connectivity index (χ0v) is 21.6. The van der Waals surface area contributed by atoms with Crippen LogP contribution in [0, 0.1) is 11.7 Å². The van der Waals surface area contributed by atoms with Gasteiger partial charge in [0.25, 0.3) is 0 Å². The third-order valence-electron chi connectivity index (χ3n) is 6.32. The molecular formula is C25H31FN8O4. The Balaban J connectivity index is 1.51. The largest absolute Gasteiger partial charge is 0.494 e. The maximum Gasteiger partial charge on any atom is 0.360 e. The van der Waals surface area contributed by atoms with E-state index in [9.17, 15) is 9.59 Å². The quantitative estimate of drug-likeness (QED) is 0.379. The molecule has 0 aliphatic carbocycles. The number of aromatic nitrogens is 5. The van der Waals surface area contributed by atoms with Crippen LogP contribution in [0.15, 0.2) is 30.7 Å². The van der Waals surface area contributed by atoms with Crippen molar-refractivity contribution in [3.63, 3.8) is 0 Å². The lowest BCUT2D eigenvalue weighted by Gasteiger charge is -2.29. The van der Waals surface area contributed by atoms with Gasteiger partial charge in [-0.3, -0.25) is 4.79 Å². The topological polar surface area (TPSA) is 136 Å². The number of anilines is 2. The summed E-state index contributed by atoms with van der Waals surface area (Å²) >= 11 is 0. The molecular weight excluding hydrogens is 495 g/mol. The fraction of sp³-hybridized carbons (Fsp3) is 0.440. The molecule has 3 heterocycles. The second-order valence-corrected chi connectivity index (χ2v) is 8.95. The molecule has 0 radical (unpaired) electrons. The van der Waals surface area contributed by atoms with E-state index in [0.29, 0.717) is 18.3 Å². The summed E-state index contributed by atoms with van der Waals surface area (Å²) in [7, 11) is 3.44. The molecule has 4 rings (SSSR count). The van der Waals surface area contributed by atoms with Gasteiger partial charge in [-0.1, -0.05) is 5.21 Å². The molecule has 3 aromatic rings. The van der Waals surface area contributed by atoms with Gasteiger partial charge < -0.3 is 25.0 Å². The van der Waals surface area contributed by atoms with Crippen molar-refractivity contribution < 1.29 is 23.5 Å². The van der Waals surface area contributed by atoms with Crippen molar-refractivity contribution in [2.75, 3.05) is 51.0 Å². The van der Waals surface area contributed by atoms with E-state index < -0.39 is 17.7 Å². The lowest BCUT2D eigenvalue weighted by atomic mass is 9.97. The SMILES string of the molecule is CCOC(=O)c1cn(-c2ccc(OC)c(F)c2CC(=O)Nc2nccnc2NCC2CCN(C)CC2)nn1. The molecule has 13 heteroatoms. The molecule has 2 N–H and O–H groups in total. The minimum Gasteiger partial charge on any atom is -0.494 e. The maximum absolute atomic E-state index is 15.3. The standard InChI is InChI=1S/C25H31FN8O4/c1-4-38-25(36)18-15-34(32-31-18)19-5-6-20(37-3)22(26)17(19)13-21(35)30-24-23(27-9-10-28-24)29-14-16-7-11-33(2)12-8-16/h5-6,9-10,15-16H,4,7-8,11-14H2,1-3H3,(H,27,29)(H,28,30,35). The predicted molar refractivity (Wildman–Crippen MR) is 137 cm³/mol. The first-order valence-electron chi connectivity index (χ1n) is 12.4. The van der Waals surface area contributed by atoms with Crippen LogP contribution in [0.1, 0.15) is 35.8 Å². The number of ether oxygens (including phenoxy) is 2. The number of nitrogens with one attached hydrogen (secondary N) is 2. The highest BCUT2D eigenvalue weighted by molar-refractivity contribution is 5.94. The van der Waals surface area contributed by atoms with Crippen molar-refractivity contribution in [3.8, 4) is 11.4 Å². The van der Waals surface area contributed by atoms with Gasteiger partial charge in [0.2, 0.25) is 5.91 Å². The van der Waals surface area contributed by atoms with Crippen molar-refractivity contribution in [3.05, 3.63) is 47.8 Å². The van der Waals surface area contributed by atoms with Crippen LogP contribution in [-0.2, 0) is 16.0 Å². The monoisotopic (exact) mass is 526 g/mol. The Morgan fingerprint density at radius 1 is 1.16 bits per heavy atom. The van der Waals surface area contributed by atoms with Gasteiger partial charge in [0.15, 0.2) is 28.9 Å². The highest BCUT2D eigenvalue weighted by Gasteiger charge is 2.22. The van der Waals surface area contributed by atoms with Crippen LogP contribution < -0.4 is 15.4 Å². The van der Waals surface area contributed by atoms with E-state index in [4.69, 9.17) is 9.47 Å². The number of nitrogens with zero attached hydrogens (tertiary/aromatic N) is 6. The Labute approximate surface area is 219 Å². The van der Waals surface area contributed by atoms with Gasteiger partial charge in [-0.15, -0.1) is 5.10 Å². The highest BCUT2D eigenvalue weighted by atomic mass is 19.1. The maximum atomic E-state index is 15.3. The summed E-state index contributed by atoms with van der Waals surface area (Å²) in [5, 5.41) is 13.7. The third-order valence-corrected chi connectivity index (χ3v) is 6.32. The number of halogens is 1. The molecule has 202 valence electrons. The van der Waals surface area contributed by atoms with Gasteiger partial charge in [0.05, 0.1) is 32.0 Å². The van der Waals surface area contributed by atoms with Crippen LogP contribution in [0.2, 0.25) is 0 Å². The molecule has 12 nitrogen and oxygen atoms in total. The minimum atomic E-state index is -0.729. The molecule has 1 fully saturated rings. The van der Waals surface area contributed by atoms with Crippen LogP contribution in [0.25, 0.3) is 5.69 Å². The van der Waals surface area contributed by atoms with Crippen molar-refractivity contribution >= 4 is 23.5 Å². The van der Waals surface area contributed by atoms with E-state index in [1.807, 2.05) is 0 Å². The van der Waals surface area contributed by atoms with Crippen molar-refractivity contribution in [1.82, 2.24) is 29.9 Å². The molecule has 1 amide bonds. The van der Waals surface area contributed by atoms with Crippen LogP contribution in [0.5, 0.6) is 5.75 Å². The lowest BCUT2D eigenvalue weighted by Crippen LogP contribution is -2.33. The second kappa shape index (κ2) is 12.4. The van der Waals surface area contributed by atoms with Gasteiger partial charge >= 0.3 is 5.97 Å². The lowest BCUT2D eigenvalue weighted by molar-refractivity contribution is -0.115. The normalized spacial score (nSPS) is 14.2. The van der Waals surface area contributed by atoms with Gasteiger partial charge in [0, 0.05) is 24.5 Å². The first-order chi connectivity index (χ1) is 18.4. The van der Waals surface area contributed by atoms with Gasteiger partial charge in [-0.2, -0.15) is 0 Å². The Morgan fingerprint density at radius 3 is 2.61 bits per heavy atom. The van der Waals surface area contributed by atoms with Crippen LogP contribution in [0.3, 0.4) is 0 Å². The molecule has 1 saturated heterocycles. The van der Waals surface area contributed by atoms with E-state index in [1.54, 1.807) is 6.92 Å². The average Bonchev–Trinajstić information content (AvgIpc) is 3.41. The molecule has 0 atom stereocenters. The fourth-order valence-corrected chi connectivity index (χ4v) is 4.21. The number of carbonyl (C=O) groups excluding carboxylic acids is 2. The fourth-order valence-electron chi connectivity index (χ4n) is 4.21. The van der Waals surface area contributed by atoms with Crippen LogP contribution in [-0.4, -0.2) is 82.1 Å². The zero-order valence-electron chi connectivity index (χ0n) is 21.6. The van der Waals surface area contributed by atoms with E-state index in [-0.39, 0.29) is 41.5 Å². The van der Waals surface area contributed by atoms with E-state index in [0.717, 1.165) is 25.9 Å². The van der Waals surface area contributed by atoms with Crippen LogP contribution in [0.4, 0.5) is 16.0 Å². The molecule has 1 aromatic carbocycles. The van der Waals surface area contributed by atoms with E-state index in [2.05, 4.69) is 42.9 Å². The molecule has 0 spiro atoms. The average molecular weight is 527 g/mol. The summed E-state index contributed by atoms with van der Waals surface area (Å²) < 4.78 is 26.6. The van der Waals surface area contributed by atoms with Gasteiger partial charge in [0.1, 0.15) is 0 Å². The number of rotatable bonds is 10. The number of piperidine rings is 1. The van der Waals surface area contributed by atoms with Crippen LogP contribution >= 0.6 is 0 Å². The summed E-state index contributed by atoms with van der Waals surface area (Å²) in [5.74, 6) is -0.758. The molecule has 0 unspecified atom stereocenters. The Hall–Kier alpha value is -4.13. The number of hydrogen-bond donors (Lipinski definition) is 2. The number of likely N-dealkylation sites (tertiary alicyclic amines) is 1. The van der Waals surface area contributed by atoms with Crippen molar-refractivity contribution in [2.45, 2.75) is 26.2 Å². The first kappa shape index (κ1) is 26.9. The number of benzene rings is 1. The van der Waals surface area contributed by atoms with Gasteiger partial charge in [-0.25, -0.2) is 23.8 Å². The van der Waals surface area contributed by atoms with E-state index in [1.165, 1.54) is 42.5 Å². The predicted octanol–water partition coefficient (Wildman–Crippen LogP) is 2.32. The molecule has 1 aliphatic heterocycles. The summed E-state index contributed by atoms with van der Waals surface area (Å²) in [6.45, 7) is 4.63. The molecule has 1 aliphatic rings. The Morgan fingerprint density at radius 2 is 1.89 bits per heavy atom. The van der Waals surface area contributed by atoms with Gasteiger partial charge in [-0.05, 0) is 58.0 Å². The first-order valence-corrected chi connectivity index (χ1v) is 12.4. The Bertz CT molecular complexity index is 1280. The summed E-state index contributed by atoms with van der Waals surface area (Å²) in [4.78, 5) is 36.0. The Kier molecular flexibility index (Phi) is 8.79. The third kappa shape index (κ3) is 6.40.